The van der Waals surface area contributed by atoms with Gasteiger partial charge in [-0.05, 0) is 33.4 Å². The number of carbonyl (C=O) groups is 1. The zero-order valence-corrected chi connectivity index (χ0v) is 17.3. The van der Waals surface area contributed by atoms with Crippen LogP contribution >= 0.6 is 0 Å². The van der Waals surface area contributed by atoms with Gasteiger partial charge in [0.1, 0.15) is 6.54 Å². The van der Waals surface area contributed by atoms with Crippen molar-refractivity contribution in [2.45, 2.75) is 39.4 Å². The molecule has 2 aromatic rings. The van der Waals surface area contributed by atoms with E-state index in [1.165, 1.54) is 6.07 Å². The Hall–Kier alpha value is -2.68. The SMILES string of the molecule is Cc1cc(C)n(CC(=O)N2CC[C@H](N(C)Cc3cc(=O)[nH]c(N(C)C)n3)C2)n1. The molecule has 0 saturated carbocycles. The highest BCUT2D eigenvalue weighted by Crippen LogP contribution is 2.17. The second kappa shape index (κ2) is 8.14. The van der Waals surface area contributed by atoms with E-state index in [-0.39, 0.29) is 24.1 Å². The van der Waals surface area contributed by atoms with Crippen LogP contribution in [0.3, 0.4) is 0 Å². The van der Waals surface area contributed by atoms with Crippen LogP contribution < -0.4 is 10.5 Å². The highest BCUT2D eigenvalue weighted by atomic mass is 16.2. The van der Waals surface area contributed by atoms with Gasteiger partial charge in [-0.25, -0.2) is 4.98 Å². The molecule has 0 bridgehead atoms. The first-order valence-corrected chi connectivity index (χ1v) is 9.49. The number of nitrogens with one attached hydrogen (secondary N) is 1. The quantitative estimate of drug-likeness (QED) is 0.771. The number of anilines is 1. The maximum Gasteiger partial charge on any atom is 0.252 e. The fourth-order valence-electron chi connectivity index (χ4n) is 3.56. The molecule has 0 aromatic carbocycles. The predicted octanol–water partition coefficient (Wildman–Crippen LogP) is 0.382. The molecule has 9 nitrogen and oxygen atoms in total. The Morgan fingerprint density at radius 2 is 2.04 bits per heavy atom. The average Bonchev–Trinajstić information content (AvgIpc) is 3.21. The zero-order chi connectivity index (χ0) is 20.4. The Morgan fingerprint density at radius 3 is 2.68 bits per heavy atom. The number of nitrogens with zero attached hydrogens (tertiary/aromatic N) is 6. The molecule has 1 N–H and O–H groups in total. The molecule has 3 heterocycles. The van der Waals surface area contributed by atoms with E-state index in [1.807, 2.05) is 46.0 Å². The Kier molecular flexibility index (Phi) is 5.83. The standard InChI is InChI=1S/C19H29N7O2/c1-13-8-14(2)26(22-13)12-18(28)25-7-6-16(11-25)24(5)10-15-9-17(27)21-19(20-15)23(3)4/h8-9,16H,6-7,10-12H2,1-5H3,(H,20,21,27)/t16-/m0/s1. The van der Waals surface area contributed by atoms with Crippen molar-refractivity contribution in [2.24, 2.45) is 0 Å². The second-order valence-corrected chi connectivity index (χ2v) is 7.74. The summed E-state index contributed by atoms with van der Waals surface area (Å²) < 4.78 is 1.76. The molecule has 0 aliphatic carbocycles. The van der Waals surface area contributed by atoms with E-state index >= 15 is 0 Å². The van der Waals surface area contributed by atoms with Crippen molar-refractivity contribution in [3.05, 3.63) is 39.6 Å². The molecule has 2 aromatic heterocycles. The number of aryl methyl sites for hydroxylation is 2. The van der Waals surface area contributed by atoms with E-state index in [0.717, 1.165) is 30.0 Å². The molecule has 1 aliphatic heterocycles. The number of amides is 1. The van der Waals surface area contributed by atoms with Crippen LogP contribution in [0.2, 0.25) is 0 Å². The van der Waals surface area contributed by atoms with Crippen molar-refractivity contribution < 1.29 is 4.79 Å². The molecule has 1 amide bonds. The number of carbonyl (C=O) groups excluding carboxylic acids is 1. The summed E-state index contributed by atoms with van der Waals surface area (Å²) in [5.41, 5.74) is 2.49. The van der Waals surface area contributed by atoms with Crippen LogP contribution in [0.4, 0.5) is 5.95 Å². The number of hydrogen-bond acceptors (Lipinski definition) is 6. The molecule has 9 heteroatoms. The maximum absolute atomic E-state index is 12.7. The minimum Gasteiger partial charge on any atom is -0.348 e. The number of hydrogen-bond donors (Lipinski definition) is 1. The lowest BCUT2D eigenvalue weighted by atomic mass is 10.2. The van der Waals surface area contributed by atoms with E-state index < -0.39 is 0 Å². The molecule has 3 rings (SSSR count). The number of likely N-dealkylation sites (tertiary alicyclic amines) is 1. The van der Waals surface area contributed by atoms with E-state index in [9.17, 15) is 9.59 Å². The van der Waals surface area contributed by atoms with Gasteiger partial charge >= 0.3 is 0 Å². The first kappa shape index (κ1) is 20.1. The zero-order valence-electron chi connectivity index (χ0n) is 17.3. The highest BCUT2D eigenvalue weighted by Gasteiger charge is 2.29. The molecular formula is C19H29N7O2. The Balaban J connectivity index is 1.59. The van der Waals surface area contributed by atoms with E-state index in [4.69, 9.17) is 0 Å². The largest absolute Gasteiger partial charge is 0.348 e. The summed E-state index contributed by atoms with van der Waals surface area (Å²) in [5, 5.41) is 4.38. The van der Waals surface area contributed by atoms with Gasteiger partial charge in [0.05, 0.1) is 11.4 Å². The summed E-state index contributed by atoms with van der Waals surface area (Å²) >= 11 is 0. The van der Waals surface area contributed by atoms with Gasteiger partial charge in [0.15, 0.2) is 0 Å². The normalized spacial score (nSPS) is 16.8. The molecule has 152 valence electrons. The third kappa shape index (κ3) is 4.59. The smallest absolute Gasteiger partial charge is 0.252 e. The van der Waals surface area contributed by atoms with Gasteiger partial charge in [0.25, 0.3) is 5.56 Å². The fraction of sp³-hybridized carbons (Fsp3) is 0.579. The van der Waals surface area contributed by atoms with Gasteiger partial charge in [-0.3, -0.25) is 24.2 Å². The lowest BCUT2D eigenvalue weighted by Crippen LogP contribution is -2.38. The molecule has 1 fully saturated rings. The highest BCUT2D eigenvalue weighted by molar-refractivity contribution is 5.76. The van der Waals surface area contributed by atoms with E-state index in [2.05, 4.69) is 20.0 Å². The number of aromatic amines is 1. The molecule has 1 saturated heterocycles. The van der Waals surface area contributed by atoms with Gasteiger partial charge in [-0.1, -0.05) is 0 Å². The topological polar surface area (TPSA) is 90.4 Å². The van der Waals surface area contributed by atoms with Crippen molar-refractivity contribution in [1.29, 1.82) is 0 Å². The van der Waals surface area contributed by atoms with Gasteiger partial charge < -0.3 is 9.80 Å². The Bertz CT molecular complexity index is 902. The van der Waals surface area contributed by atoms with E-state index in [1.54, 1.807) is 9.58 Å². The maximum atomic E-state index is 12.7. The second-order valence-electron chi connectivity index (χ2n) is 7.74. The predicted molar refractivity (Wildman–Crippen MR) is 107 cm³/mol. The van der Waals surface area contributed by atoms with E-state index in [0.29, 0.717) is 19.0 Å². The van der Waals surface area contributed by atoms with Crippen LogP contribution in [0.25, 0.3) is 0 Å². The van der Waals surface area contributed by atoms with Crippen molar-refractivity contribution in [3.63, 3.8) is 0 Å². The number of aromatic nitrogens is 4. The summed E-state index contributed by atoms with van der Waals surface area (Å²) in [4.78, 5) is 37.6. The first-order chi connectivity index (χ1) is 13.2. The average molecular weight is 387 g/mol. The van der Waals surface area contributed by atoms with Crippen molar-refractivity contribution in [1.82, 2.24) is 29.5 Å². The summed E-state index contributed by atoms with van der Waals surface area (Å²) in [6, 6.07) is 3.75. The number of H-pyrrole nitrogens is 1. The summed E-state index contributed by atoms with van der Waals surface area (Å²) in [7, 11) is 5.70. The summed E-state index contributed by atoms with van der Waals surface area (Å²) in [6.45, 7) is 6.15. The first-order valence-electron chi connectivity index (χ1n) is 9.49. The van der Waals surface area contributed by atoms with Crippen LogP contribution in [0.15, 0.2) is 16.9 Å². The number of likely N-dealkylation sites (N-methyl/N-ethyl adjacent to an activating group) is 1. The summed E-state index contributed by atoms with van der Waals surface area (Å²) in [6.07, 6.45) is 0.906. The third-order valence-electron chi connectivity index (χ3n) is 5.15. The van der Waals surface area contributed by atoms with Crippen LogP contribution in [-0.4, -0.2) is 75.7 Å². The van der Waals surface area contributed by atoms with Gasteiger partial charge in [-0.15, -0.1) is 0 Å². The van der Waals surface area contributed by atoms with Crippen LogP contribution in [-0.2, 0) is 17.9 Å². The van der Waals surface area contributed by atoms with Gasteiger partial charge in [0, 0.05) is 51.5 Å². The number of rotatable bonds is 6. The molecule has 1 aliphatic rings. The van der Waals surface area contributed by atoms with Crippen LogP contribution in [0.5, 0.6) is 0 Å². The fourth-order valence-corrected chi connectivity index (χ4v) is 3.56. The van der Waals surface area contributed by atoms with Crippen molar-refractivity contribution >= 4 is 11.9 Å². The lowest BCUT2D eigenvalue weighted by Gasteiger charge is -2.24. The Labute approximate surface area is 165 Å². The molecule has 0 radical (unpaired) electrons. The lowest BCUT2D eigenvalue weighted by molar-refractivity contribution is -0.131. The molecule has 0 spiro atoms. The van der Waals surface area contributed by atoms with Crippen molar-refractivity contribution in [3.8, 4) is 0 Å². The molecule has 1 atom stereocenters. The van der Waals surface area contributed by atoms with Gasteiger partial charge in [-0.2, -0.15) is 5.10 Å². The Morgan fingerprint density at radius 1 is 1.29 bits per heavy atom. The third-order valence-corrected chi connectivity index (χ3v) is 5.15. The molecule has 0 unspecified atom stereocenters. The monoisotopic (exact) mass is 387 g/mol. The van der Waals surface area contributed by atoms with Gasteiger partial charge in [0.2, 0.25) is 11.9 Å². The molecule has 28 heavy (non-hydrogen) atoms. The van der Waals surface area contributed by atoms with Crippen LogP contribution in [0.1, 0.15) is 23.5 Å². The minimum absolute atomic E-state index is 0.0891. The summed E-state index contributed by atoms with van der Waals surface area (Å²) in [5.74, 6) is 0.635. The molecular weight excluding hydrogens is 358 g/mol. The van der Waals surface area contributed by atoms with Crippen LogP contribution in [0, 0.1) is 13.8 Å². The minimum atomic E-state index is -0.157. The van der Waals surface area contributed by atoms with Crippen molar-refractivity contribution in [2.75, 3.05) is 39.1 Å².